The third-order valence-corrected chi connectivity index (χ3v) is 4.33. The second kappa shape index (κ2) is 7.67. The van der Waals surface area contributed by atoms with Crippen LogP contribution in [0.4, 0.5) is 23.7 Å². The smallest absolute Gasteiger partial charge is 0.319 e. The predicted molar refractivity (Wildman–Crippen MR) is 92.7 cm³/mol. The molecular weight excluding hydrogens is 379 g/mol. The number of hydrogen-bond donors (Lipinski definition) is 4. The van der Waals surface area contributed by atoms with E-state index < -0.39 is 47.1 Å². The van der Waals surface area contributed by atoms with Crippen LogP contribution in [0.3, 0.4) is 0 Å². The molecule has 1 saturated heterocycles. The number of ether oxygens (including phenoxy) is 1. The number of benzene rings is 2. The van der Waals surface area contributed by atoms with E-state index in [1.54, 1.807) is 0 Å². The van der Waals surface area contributed by atoms with Gasteiger partial charge < -0.3 is 25.8 Å². The lowest BCUT2D eigenvalue weighted by molar-refractivity contribution is -0.120. The molecule has 2 aromatic carbocycles. The van der Waals surface area contributed by atoms with E-state index in [-0.39, 0.29) is 23.5 Å². The Morgan fingerprint density at radius 3 is 2.46 bits per heavy atom. The van der Waals surface area contributed by atoms with Crippen LogP contribution in [-0.2, 0) is 4.79 Å². The molecule has 0 aliphatic carbocycles. The average molecular weight is 395 g/mol. The van der Waals surface area contributed by atoms with Gasteiger partial charge in [0, 0.05) is 41.9 Å². The fraction of sp³-hybridized carbons (Fsp3) is 0.222. The number of urea groups is 1. The number of phenols is 1. The van der Waals surface area contributed by atoms with E-state index in [0.717, 1.165) is 24.3 Å². The summed E-state index contributed by atoms with van der Waals surface area (Å²) in [5.41, 5.74) is -0.294. The van der Waals surface area contributed by atoms with Crippen LogP contribution < -0.4 is 20.7 Å². The molecule has 0 bridgehead atoms. The first-order chi connectivity index (χ1) is 13.3. The molecule has 0 radical (unpaired) electrons. The highest BCUT2D eigenvalue weighted by Gasteiger charge is 2.40. The molecule has 2 aromatic rings. The van der Waals surface area contributed by atoms with Gasteiger partial charge in [-0.15, -0.1) is 0 Å². The molecule has 2 unspecified atom stereocenters. The number of anilines is 1. The number of nitrogens with one attached hydrogen (secondary N) is 3. The Bertz CT molecular complexity index is 915. The van der Waals surface area contributed by atoms with Gasteiger partial charge in [-0.25, -0.2) is 18.0 Å². The maximum Gasteiger partial charge on any atom is 0.319 e. The van der Waals surface area contributed by atoms with Crippen molar-refractivity contribution in [3.8, 4) is 11.5 Å². The first kappa shape index (κ1) is 19.3. The molecule has 3 rings (SSSR count). The van der Waals surface area contributed by atoms with E-state index in [1.165, 1.54) is 13.2 Å². The zero-order chi connectivity index (χ0) is 20.4. The van der Waals surface area contributed by atoms with Gasteiger partial charge in [0.05, 0.1) is 7.11 Å². The Hall–Kier alpha value is -3.43. The standard InChI is InChI=1S/C18H16F3N3O4/c1-28-9-5-12(20)15(13(21)6-9)10-7-22-17(26)16(10)24-18(27)23-8-2-3-11(19)14(25)4-8/h2-6,10,16,25H,7H2,1H3,(H,22,26)(H2,23,24,27). The van der Waals surface area contributed by atoms with E-state index in [2.05, 4.69) is 16.0 Å². The normalized spacial score (nSPS) is 18.5. The van der Waals surface area contributed by atoms with Crippen molar-refractivity contribution in [3.05, 3.63) is 53.3 Å². The summed E-state index contributed by atoms with van der Waals surface area (Å²) in [4.78, 5) is 24.2. The van der Waals surface area contributed by atoms with Crippen molar-refractivity contribution in [1.29, 1.82) is 0 Å². The van der Waals surface area contributed by atoms with Crippen molar-refractivity contribution in [1.82, 2.24) is 10.6 Å². The number of phenolic OH excluding ortho intramolecular Hbond substituents is 1. The molecule has 28 heavy (non-hydrogen) atoms. The van der Waals surface area contributed by atoms with E-state index in [1.807, 2.05) is 0 Å². The fourth-order valence-electron chi connectivity index (χ4n) is 2.99. The van der Waals surface area contributed by atoms with Gasteiger partial charge in [0.25, 0.3) is 0 Å². The first-order valence-corrected chi connectivity index (χ1v) is 8.17. The van der Waals surface area contributed by atoms with E-state index in [0.29, 0.717) is 0 Å². The highest BCUT2D eigenvalue weighted by atomic mass is 19.1. The summed E-state index contributed by atoms with van der Waals surface area (Å²) < 4.78 is 46.6. The minimum Gasteiger partial charge on any atom is -0.505 e. The van der Waals surface area contributed by atoms with Crippen LogP contribution in [0.25, 0.3) is 0 Å². The number of rotatable bonds is 4. The summed E-state index contributed by atoms with van der Waals surface area (Å²) in [6.45, 7) is -0.0821. The molecule has 10 heteroatoms. The van der Waals surface area contributed by atoms with E-state index >= 15 is 0 Å². The molecule has 0 aromatic heterocycles. The summed E-state index contributed by atoms with van der Waals surface area (Å²) in [6, 6.07) is 2.98. The summed E-state index contributed by atoms with van der Waals surface area (Å²) >= 11 is 0. The highest BCUT2D eigenvalue weighted by Crippen LogP contribution is 2.31. The molecule has 1 aliphatic rings. The number of halogens is 3. The summed E-state index contributed by atoms with van der Waals surface area (Å²) in [6.07, 6.45) is 0. The minimum atomic E-state index is -1.24. The number of amides is 3. The van der Waals surface area contributed by atoms with Crippen molar-refractivity contribution < 1.29 is 32.6 Å². The van der Waals surface area contributed by atoms with Gasteiger partial charge in [-0.1, -0.05) is 0 Å². The first-order valence-electron chi connectivity index (χ1n) is 8.17. The quantitative estimate of drug-likeness (QED) is 0.638. The Kier molecular flexibility index (Phi) is 5.30. The number of carbonyl (C=O) groups excluding carboxylic acids is 2. The molecule has 3 amide bonds. The van der Waals surface area contributed by atoms with Gasteiger partial charge in [0.15, 0.2) is 11.6 Å². The molecule has 148 valence electrons. The Balaban J connectivity index is 1.79. The van der Waals surface area contributed by atoms with Crippen LogP contribution in [0.1, 0.15) is 11.5 Å². The monoisotopic (exact) mass is 395 g/mol. The molecule has 0 spiro atoms. The summed E-state index contributed by atoms with van der Waals surface area (Å²) in [5, 5.41) is 16.4. The average Bonchev–Trinajstić information content (AvgIpc) is 2.98. The van der Waals surface area contributed by atoms with E-state index in [4.69, 9.17) is 4.74 Å². The van der Waals surface area contributed by atoms with Gasteiger partial charge in [-0.2, -0.15) is 0 Å². The third kappa shape index (κ3) is 3.80. The number of aromatic hydroxyl groups is 1. The topological polar surface area (TPSA) is 99.7 Å². The predicted octanol–water partition coefficient (Wildman–Crippen LogP) is 2.22. The van der Waals surface area contributed by atoms with Crippen molar-refractivity contribution in [2.45, 2.75) is 12.0 Å². The molecule has 1 heterocycles. The third-order valence-electron chi connectivity index (χ3n) is 4.33. The maximum atomic E-state index is 14.4. The second-order valence-corrected chi connectivity index (χ2v) is 6.10. The lowest BCUT2D eigenvalue weighted by atomic mass is 9.93. The summed E-state index contributed by atoms with van der Waals surface area (Å²) in [7, 11) is 1.26. The van der Waals surface area contributed by atoms with Crippen LogP contribution in [-0.4, -0.2) is 36.7 Å². The van der Waals surface area contributed by atoms with Crippen molar-refractivity contribution in [3.63, 3.8) is 0 Å². The number of methoxy groups -OCH3 is 1. The molecular formula is C18H16F3N3O4. The van der Waals surface area contributed by atoms with Gasteiger partial charge in [0.1, 0.15) is 23.4 Å². The zero-order valence-corrected chi connectivity index (χ0v) is 14.6. The van der Waals surface area contributed by atoms with Crippen LogP contribution in [0.5, 0.6) is 11.5 Å². The van der Waals surface area contributed by atoms with Crippen LogP contribution >= 0.6 is 0 Å². The van der Waals surface area contributed by atoms with Gasteiger partial charge in [-0.05, 0) is 12.1 Å². The molecule has 7 nitrogen and oxygen atoms in total. The van der Waals surface area contributed by atoms with Gasteiger partial charge in [0.2, 0.25) is 5.91 Å². The van der Waals surface area contributed by atoms with Crippen LogP contribution in [0.2, 0.25) is 0 Å². The number of carbonyl (C=O) groups is 2. The van der Waals surface area contributed by atoms with Crippen molar-refractivity contribution in [2.24, 2.45) is 0 Å². The van der Waals surface area contributed by atoms with Crippen molar-refractivity contribution >= 4 is 17.6 Å². The second-order valence-electron chi connectivity index (χ2n) is 6.10. The van der Waals surface area contributed by atoms with Gasteiger partial charge in [-0.3, -0.25) is 4.79 Å². The SMILES string of the molecule is COc1cc(F)c(C2CNC(=O)C2NC(=O)Nc2ccc(F)c(O)c2)c(F)c1. The fourth-order valence-corrected chi connectivity index (χ4v) is 2.99. The molecule has 1 aliphatic heterocycles. The van der Waals surface area contributed by atoms with Crippen LogP contribution in [0, 0.1) is 17.5 Å². The Labute approximate surface area is 157 Å². The summed E-state index contributed by atoms with van der Waals surface area (Å²) in [5.74, 6) is -4.98. The minimum absolute atomic E-state index is 0.0191. The van der Waals surface area contributed by atoms with Crippen LogP contribution in [0.15, 0.2) is 30.3 Å². The largest absolute Gasteiger partial charge is 0.505 e. The lowest BCUT2D eigenvalue weighted by Gasteiger charge is -2.20. The molecule has 2 atom stereocenters. The Morgan fingerprint density at radius 1 is 1.18 bits per heavy atom. The molecule has 1 fully saturated rings. The lowest BCUT2D eigenvalue weighted by Crippen LogP contribution is -2.45. The molecule has 0 saturated carbocycles. The zero-order valence-electron chi connectivity index (χ0n) is 14.6. The van der Waals surface area contributed by atoms with E-state index in [9.17, 15) is 27.9 Å². The maximum absolute atomic E-state index is 14.4. The molecule has 4 N–H and O–H groups in total. The Morgan fingerprint density at radius 2 is 1.86 bits per heavy atom. The highest BCUT2D eigenvalue weighted by molar-refractivity contribution is 5.95. The number of hydrogen-bond acceptors (Lipinski definition) is 4. The van der Waals surface area contributed by atoms with Gasteiger partial charge >= 0.3 is 6.03 Å². The van der Waals surface area contributed by atoms with Crippen molar-refractivity contribution in [2.75, 3.05) is 19.0 Å².